The summed E-state index contributed by atoms with van der Waals surface area (Å²) < 4.78 is 69.7. The van der Waals surface area contributed by atoms with Crippen molar-refractivity contribution in [2.75, 3.05) is 0 Å². The highest BCUT2D eigenvalue weighted by Crippen LogP contribution is 2.24. The Morgan fingerprint density at radius 3 is 1.83 bits per heavy atom. The van der Waals surface area contributed by atoms with E-state index in [0.717, 1.165) is 12.2 Å². The van der Waals surface area contributed by atoms with Crippen LogP contribution < -0.4 is 0 Å². The Bertz CT molecular complexity index is 572. The molecular weight excluding hydrogens is 255 g/mol. The fraction of sp³-hybridized carbons (Fsp3) is 0. The van der Waals surface area contributed by atoms with Crippen molar-refractivity contribution in [2.45, 2.75) is 0 Å². The van der Waals surface area contributed by atoms with E-state index in [9.17, 15) is 22.0 Å². The number of halogens is 5. The van der Waals surface area contributed by atoms with E-state index in [2.05, 4.69) is 0 Å². The lowest BCUT2D eigenvalue weighted by Gasteiger charge is -2.03. The van der Waals surface area contributed by atoms with Gasteiger partial charge in [0.1, 0.15) is 5.76 Å². The third kappa shape index (κ3) is 2.01. The van der Waals surface area contributed by atoms with Crippen molar-refractivity contribution in [1.29, 1.82) is 0 Å². The summed E-state index contributed by atoms with van der Waals surface area (Å²) in [4.78, 5) is 0. The van der Waals surface area contributed by atoms with Crippen molar-refractivity contribution in [3.05, 3.63) is 58.8 Å². The summed E-state index contributed by atoms with van der Waals surface area (Å²) in [5, 5.41) is 0. The van der Waals surface area contributed by atoms with Gasteiger partial charge in [0.15, 0.2) is 23.3 Å². The van der Waals surface area contributed by atoms with Gasteiger partial charge in [-0.05, 0) is 24.3 Å². The first-order valence-corrected chi connectivity index (χ1v) is 4.75. The minimum Gasteiger partial charge on any atom is -0.465 e. The van der Waals surface area contributed by atoms with Crippen molar-refractivity contribution in [3.8, 4) is 0 Å². The van der Waals surface area contributed by atoms with Crippen molar-refractivity contribution >= 4 is 12.2 Å². The van der Waals surface area contributed by atoms with E-state index >= 15 is 0 Å². The van der Waals surface area contributed by atoms with Gasteiger partial charge < -0.3 is 4.42 Å². The lowest BCUT2D eigenvalue weighted by Crippen LogP contribution is -2.03. The Kier molecular flexibility index (Phi) is 3.18. The zero-order valence-corrected chi connectivity index (χ0v) is 8.68. The topological polar surface area (TPSA) is 13.1 Å². The van der Waals surface area contributed by atoms with E-state index in [1.165, 1.54) is 18.4 Å². The van der Waals surface area contributed by atoms with Crippen molar-refractivity contribution in [2.24, 2.45) is 0 Å². The lowest BCUT2D eigenvalue weighted by molar-refractivity contribution is 0.377. The van der Waals surface area contributed by atoms with E-state index in [1.807, 2.05) is 0 Å². The van der Waals surface area contributed by atoms with Crippen molar-refractivity contribution in [1.82, 2.24) is 0 Å². The number of benzene rings is 1. The summed E-state index contributed by atoms with van der Waals surface area (Å²) in [6, 6.07) is 2.97. The maximum atomic E-state index is 13.2. The molecule has 1 heterocycles. The minimum atomic E-state index is -2.18. The molecule has 0 aliphatic carbocycles. The van der Waals surface area contributed by atoms with Crippen molar-refractivity contribution < 1.29 is 26.4 Å². The molecule has 1 aromatic heterocycles. The Hall–Kier alpha value is -2.11. The molecule has 0 fully saturated rings. The molecule has 0 N–H and O–H groups in total. The van der Waals surface area contributed by atoms with Gasteiger partial charge in [-0.1, -0.05) is 0 Å². The van der Waals surface area contributed by atoms with Crippen LogP contribution in [0.2, 0.25) is 0 Å². The second kappa shape index (κ2) is 4.64. The Balaban J connectivity index is 2.52. The first-order valence-electron chi connectivity index (χ1n) is 4.75. The molecule has 0 atom stereocenters. The summed E-state index contributed by atoms with van der Waals surface area (Å²) in [6.45, 7) is 0. The molecule has 2 rings (SSSR count). The highest BCUT2D eigenvalue weighted by molar-refractivity contribution is 5.68. The average Bonchev–Trinajstić information content (AvgIpc) is 2.87. The molecule has 0 aliphatic heterocycles. The molecule has 0 radical (unpaired) electrons. The molecule has 94 valence electrons. The number of rotatable bonds is 2. The van der Waals surface area contributed by atoms with E-state index in [0.29, 0.717) is 0 Å². The highest BCUT2D eigenvalue weighted by atomic mass is 19.2. The van der Waals surface area contributed by atoms with Crippen LogP contribution in [0.5, 0.6) is 0 Å². The molecule has 0 saturated carbocycles. The van der Waals surface area contributed by atoms with Gasteiger partial charge in [-0.2, -0.15) is 0 Å². The van der Waals surface area contributed by atoms with Gasteiger partial charge in [0.2, 0.25) is 5.82 Å². The van der Waals surface area contributed by atoms with Crippen LogP contribution in [0.3, 0.4) is 0 Å². The summed E-state index contributed by atoms with van der Waals surface area (Å²) >= 11 is 0. The van der Waals surface area contributed by atoms with Gasteiger partial charge in [0.05, 0.1) is 11.8 Å². The first kappa shape index (κ1) is 12.3. The molecule has 6 heteroatoms. The molecule has 2 aromatic rings. The highest BCUT2D eigenvalue weighted by Gasteiger charge is 2.24. The van der Waals surface area contributed by atoms with Gasteiger partial charge >= 0.3 is 0 Å². The Morgan fingerprint density at radius 2 is 1.33 bits per heavy atom. The van der Waals surface area contributed by atoms with Crippen LogP contribution in [0, 0.1) is 29.1 Å². The first-order chi connectivity index (χ1) is 8.52. The molecule has 0 amide bonds. The number of furan rings is 1. The largest absolute Gasteiger partial charge is 0.465 e. The van der Waals surface area contributed by atoms with Gasteiger partial charge in [0.25, 0.3) is 0 Å². The predicted octanol–water partition coefficient (Wildman–Crippen LogP) is 4.15. The molecule has 0 bridgehead atoms. The second-order valence-corrected chi connectivity index (χ2v) is 3.33. The smallest absolute Gasteiger partial charge is 0.200 e. The summed E-state index contributed by atoms with van der Waals surface area (Å²) in [7, 11) is 0. The number of hydrogen-bond acceptors (Lipinski definition) is 1. The molecule has 1 nitrogen and oxygen atoms in total. The van der Waals surface area contributed by atoms with Crippen LogP contribution in [0.25, 0.3) is 12.2 Å². The van der Waals surface area contributed by atoms with E-state index in [-0.39, 0.29) is 5.76 Å². The van der Waals surface area contributed by atoms with Gasteiger partial charge in [-0.3, -0.25) is 0 Å². The van der Waals surface area contributed by atoms with Crippen LogP contribution in [-0.2, 0) is 0 Å². The van der Waals surface area contributed by atoms with E-state index in [1.54, 1.807) is 0 Å². The Labute approximate surface area is 98.2 Å². The maximum absolute atomic E-state index is 13.2. The SMILES string of the molecule is Fc1c(F)c(F)c(/C=C/c2ccco2)c(F)c1F. The van der Waals surface area contributed by atoms with E-state index in [4.69, 9.17) is 4.42 Å². The normalized spacial score (nSPS) is 11.4. The number of hydrogen-bond donors (Lipinski definition) is 0. The molecule has 0 unspecified atom stereocenters. The summed E-state index contributed by atoms with van der Waals surface area (Å²) in [5.74, 6) is -9.68. The van der Waals surface area contributed by atoms with Gasteiger partial charge in [-0.15, -0.1) is 0 Å². The van der Waals surface area contributed by atoms with Gasteiger partial charge in [-0.25, -0.2) is 22.0 Å². The molecule has 0 aliphatic rings. The van der Waals surface area contributed by atoms with Crippen LogP contribution in [0.1, 0.15) is 11.3 Å². The zero-order chi connectivity index (χ0) is 13.3. The van der Waals surface area contributed by atoms with Crippen LogP contribution in [0.15, 0.2) is 22.8 Å². The fourth-order valence-corrected chi connectivity index (χ4v) is 1.32. The monoisotopic (exact) mass is 260 g/mol. The average molecular weight is 260 g/mol. The van der Waals surface area contributed by atoms with Crippen LogP contribution >= 0.6 is 0 Å². The summed E-state index contributed by atoms with van der Waals surface area (Å²) in [6.07, 6.45) is 3.16. The molecule has 18 heavy (non-hydrogen) atoms. The van der Waals surface area contributed by atoms with Crippen LogP contribution in [-0.4, -0.2) is 0 Å². The standard InChI is InChI=1S/C12H5F5O/c13-8-7(4-3-6-2-1-5-18-6)9(14)11(16)12(17)10(8)15/h1-5H/b4-3+. The van der Waals surface area contributed by atoms with Crippen LogP contribution in [0.4, 0.5) is 22.0 Å². The summed E-state index contributed by atoms with van der Waals surface area (Å²) in [5.41, 5.74) is -1.01. The fourth-order valence-electron chi connectivity index (χ4n) is 1.32. The van der Waals surface area contributed by atoms with Gasteiger partial charge in [0, 0.05) is 0 Å². The molecule has 0 spiro atoms. The third-order valence-electron chi connectivity index (χ3n) is 2.20. The second-order valence-electron chi connectivity index (χ2n) is 3.33. The predicted molar refractivity (Wildman–Crippen MR) is 53.9 cm³/mol. The van der Waals surface area contributed by atoms with E-state index < -0.39 is 34.6 Å². The third-order valence-corrected chi connectivity index (χ3v) is 2.20. The molecule has 1 aromatic carbocycles. The molecule has 0 saturated heterocycles. The lowest BCUT2D eigenvalue weighted by atomic mass is 10.1. The quantitative estimate of drug-likeness (QED) is 0.449. The maximum Gasteiger partial charge on any atom is 0.200 e. The Morgan fingerprint density at radius 1 is 0.778 bits per heavy atom. The molecular formula is C12H5F5O. The van der Waals surface area contributed by atoms with Crippen molar-refractivity contribution in [3.63, 3.8) is 0 Å². The minimum absolute atomic E-state index is 0.221. The zero-order valence-electron chi connectivity index (χ0n) is 8.68.